The Labute approximate surface area is 101 Å². The molecule has 1 heterocycles. The van der Waals surface area contributed by atoms with Gasteiger partial charge in [-0.3, -0.25) is 9.59 Å². The molecule has 0 radical (unpaired) electrons. The van der Waals surface area contributed by atoms with Crippen LogP contribution in [-0.2, 0) is 14.3 Å². The molecule has 1 saturated heterocycles. The monoisotopic (exact) mass is 244 g/mol. The summed E-state index contributed by atoms with van der Waals surface area (Å²) >= 11 is 0. The molecular formula is C11H20N2O4. The number of carbonyl (C=O) groups is 2. The second-order valence-electron chi connectivity index (χ2n) is 4.24. The molecule has 0 aromatic carbocycles. The van der Waals surface area contributed by atoms with E-state index in [2.05, 4.69) is 10.6 Å². The number of aliphatic carboxylic acids is 1. The topological polar surface area (TPSA) is 87.7 Å². The fourth-order valence-corrected chi connectivity index (χ4v) is 1.87. The lowest BCUT2D eigenvalue weighted by Crippen LogP contribution is -2.43. The van der Waals surface area contributed by atoms with Gasteiger partial charge in [0.1, 0.15) is 0 Å². The number of carboxylic acids is 1. The molecule has 1 rings (SSSR count). The molecule has 0 saturated carbocycles. The maximum absolute atomic E-state index is 11.8. The van der Waals surface area contributed by atoms with Crippen molar-refractivity contribution >= 4 is 11.9 Å². The summed E-state index contributed by atoms with van der Waals surface area (Å²) in [7, 11) is 1.45. The van der Waals surface area contributed by atoms with Gasteiger partial charge >= 0.3 is 5.97 Å². The minimum atomic E-state index is -0.926. The van der Waals surface area contributed by atoms with Crippen molar-refractivity contribution in [3.63, 3.8) is 0 Å². The Morgan fingerprint density at radius 2 is 2.35 bits per heavy atom. The highest BCUT2D eigenvalue weighted by molar-refractivity contribution is 5.79. The van der Waals surface area contributed by atoms with Gasteiger partial charge < -0.3 is 20.5 Å². The van der Waals surface area contributed by atoms with E-state index in [0.717, 1.165) is 19.4 Å². The number of hydrogen-bond donors (Lipinski definition) is 3. The van der Waals surface area contributed by atoms with Gasteiger partial charge in [-0.25, -0.2) is 0 Å². The van der Waals surface area contributed by atoms with Crippen molar-refractivity contribution in [3.05, 3.63) is 0 Å². The van der Waals surface area contributed by atoms with Gasteiger partial charge in [-0.15, -0.1) is 0 Å². The molecule has 0 aromatic heterocycles. The van der Waals surface area contributed by atoms with Gasteiger partial charge in [0.2, 0.25) is 5.91 Å². The van der Waals surface area contributed by atoms with E-state index in [-0.39, 0.29) is 24.8 Å². The zero-order chi connectivity index (χ0) is 12.7. The molecule has 0 spiro atoms. The summed E-state index contributed by atoms with van der Waals surface area (Å²) in [6, 6.07) is 0. The zero-order valence-electron chi connectivity index (χ0n) is 10.1. The quantitative estimate of drug-likeness (QED) is 0.591. The Kier molecular flexibility index (Phi) is 5.93. The fourth-order valence-electron chi connectivity index (χ4n) is 1.87. The Balaban J connectivity index is 2.27. The second-order valence-corrected chi connectivity index (χ2v) is 4.24. The molecule has 1 aliphatic heterocycles. The average molecular weight is 244 g/mol. The predicted octanol–water partition coefficient (Wildman–Crippen LogP) is -0.408. The van der Waals surface area contributed by atoms with Crippen LogP contribution in [0.4, 0.5) is 0 Å². The third kappa shape index (κ3) is 5.14. The highest BCUT2D eigenvalue weighted by atomic mass is 16.5. The van der Waals surface area contributed by atoms with Crippen molar-refractivity contribution in [1.29, 1.82) is 0 Å². The molecule has 1 fully saturated rings. The van der Waals surface area contributed by atoms with E-state index in [9.17, 15) is 9.59 Å². The van der Waals surface area contributed by atoms with Crippen LogP contribution in [0.2, 0.25) is 0 Å². The largest absolute Gasteiger partial charge is 0.481 e. The van der Waals surface area contributed by atoms with Crippen LogP contribution >= 0.6 is 0 Å². The number of carbonyl (C=O) groups excluding carboxylic acids is 1. The first-order valence-electron chi connectivity index (χ1n) is 5.86. The van der Waals surface area contributed by atoms with Crippen LogP contribution in [0, 0.1) is 5.92 Å². The van der Waals surface area contributed by atoms with Gasteiger partial charge in [0.05, 0.1) is 18.4 Å². The van der Waals surface area contributed by atoms with Gasteiger partial charge in [-0.1, -0.05) is 0 Å². The maximum atomic E-state index is 11.8. The number of ether oxygens (including phenoxy) is 1. The van der Waals surface area contributed by atoms with Crippen LogP contribution in [0.3, 0.4) is 0 Å². The summed E-state index contributed by atoms with van der Waals surface area (Å²) in [6.45, 7) is 1.91. The number of amides is 1. The Morgan fingerprint density at radius 3 is 2.88 bits per heavy atom. The molecule has 6 heteroatoms. The fraction of sp³-hybridized carbons (Fsp3) is 0.818. The summed E-state index contributed by atoms with van der Waals surface area (Å²) < 4.78 is 4.99. The molecule has 0 aromatic rings. The standard InChI is InChI=1S/C11H20N2O4/c1-17-9(5-10(14)15)7-13-11(16)8-3-2-4-12-6-8/h8-9,12H,2-7H2,1H3,(H,13,16)(H,14,15)/t8-,9?/m0/s1. The number of nitrogens with one attached hydrogen (secondary N) is 2. The summed E-state index contributed by atoms with van der Waals surface area (Å²) in [6.07, 6.45) is 1.32. The molecule has 2 atom stereocenters. The maximum Gasteiger partial charge on any atom is 0.306 e. The second kappa shape index (κ2) is 7.24. The first-order valence-corrected chi connectivity index (χ1v) is 5.86. The minimum absolute atomic E-state index is 0.00826. The third-order valence-corrected chi connectivity index (χ3v) is 2.91. The molecular weight excluding hydrogens is 224 g/mol. The van der Waals surface area contributed by atoms with Gasteiger partial charge in [-0.2, -0.15) is 0 Å². The van der Waals surface area contributed by atoms with Crippen LogP contribution in [0.1, 0.15) is 19.3 Å². The molecule has 0 aliphatic carbocycles. The van der Waals surface area contributed by atoms with E-state index in [1.54, 1.807) is 0 Å². The van der Waals surface area contributed by atoms with Crippen molar-refractivity contribution in [3.8, 4) is 0 Å². The van der Waals surface area contributed by atoms with Crippen molar-refractivity contribution in [1.82, 2.24) is 10.6 Å². The average Bonchev–Trinajstić information content (AvgIpc) is 2.34. The lowest BCUT2D eigenvalue weighted by atomic mass is 9.99. The third-order valence-electron chi connectivity index (χ3n) is 2.91. The first-order chi connectivity index (χ1) is 8.13. The molecule has 1 unspecified atom stereocenters. The van der Waals surface area contributed by atoms with Crippen LogP contribution < -0.4 is 10.6 Å². The molecule has 1 aliphatic rings. The van der Waals surface area contributed by atoms with Gasteiger partial charge in [-0.05, 0) is 19.4 Å². The van der Waals surface area contributed by atoms with E-state index >= 15 is 0 Å². The van der Waals surface area contributed by atoms with Crippen LogP contribution in [0.5, 0.6) is 0 Å². The summed E-state index contributed by atoms with van der Waals surface area (Å²) in [5, 5.41) is 14.5. The number of piperidine rings is 1. The normalized spacial score (nSPS) is 21.8. The number of carboxylic acid groups (broad SMARTS) is 1. The summed E-state index contributed by atoms with van der Waals surface area (Å²) in [4.78, 5) is 22.3. The molecule has 3 N–H and O–H groups in total. The van der Waals surface area contributed by atoms with Crippen LogP contribution in [-0.4, -0.2) is 49.8 Å². The SMILES string of the molecule is COC(CNC(=O)[C@H]1CCCNC1)CC(=O)O. The molecule has 0 bridgehead atoms. The molecule has 1 amide bonds. The van der Waals surface area contributed by atoms with Crippen molar-refractivity contribution in [2.24, 2.45) is 5.92 Å². The highest BCUT2D eigenvalue weighted by Gasteiger charge is 2.22. The van der Waals surface area contributed by atoms with E-state index < -0.39 is 12.1 Å². The Morgan fingerprint density at radius 1 is 1.59 bits per heavy atom. The predicted molar refractivity (Wildman–Crippen MR) is 61.7 cm³/mol. The van der Waals surface area contributed by atoms with E-state index in [1.165, 1.54) is 7.11 Å². The van der Waals surface area contributed by atoms with Gasteiger partial charge in [0.15, 0.2) is 0 Å². The van der Waals surface area contributed by atoms with Gasteiger partial charge in [0.25, 0.3) is 0 Å². The van der Waals surface area contributed by atoms with E-state index in [1.807, 2.05) is 0 Å². The Bertz CT molecular complexity index is 264. The lowest BCUT2D eigenvalue weighted by Gasteiger charge is -2.23. The van der Waals surface area contributed by atoms with Crippen LogP contribution in [0.15, 0.2) is 0 Å². The smallest absolute Gasteiger partial charge is 0.306 e. The number of hydrogen-bond acceptors (Lipinski definition) is 4. The van der Waals surface area contributed by atoms with Crippen molar-refractivity contribution in [2.75, 3.05) is 26.7 Å². The van der Waals surface area contributed by atoms with Crippen molar-refractivity contribution in [2.45, 2.75) is 25.4 Å². The highest BCUT2D eigenvalue weighted by Crippen LogP contribution is 2.09. The summed E-state index contributed by atoms with van der Waals surface area (Å²) in [5.74, 6) is -0.957. The molecule has 98 valence electrons. The zero-order valence-corrected chi connectivity index (χ0v) is 10.1. The first kappa shape index (κ1) is 13.9. The molecule has 17 heavy (non-hydrogen) atoms. The Hall–Kier alpha value is -1.14. The number of methoxy groups -OCH3 is 1. The summed E-state index contributed by atoms with van der Waals surface area (Å²) in [5.41, 5.74) is 0. The number of rotatable bonds is 6. The van der Waals surface area contributed by atoms with Crippen LogP contribution in [0.25, 0.3) is 0 Å². The van der Waals surface area contributed by atoms with Crippen molar-refractivity contribution < 1.29 is 19.4 Å². The van der Waals surface area contributed by atoms with Gasteiger partial charge in [0, 0.05) is 20.2 Å². The van der Waals surface area contributed by atoms with E-state index in [0.29, 0.717) is 6.54 Å². The minimum Gasteiger partial charge on any atom is -0.481 e. The molecule has 6 nitrogen and oxygen atoms in total. The lowest BCUT2D eigenvalue weighted by molar-refractivity contribution is -0.140. The van der Waals surface area contributed by atoms with E-state index in [4.69, 9.17) is 9.84 Å².